The summed E-state index contributed by atoms with van der Waals surface area (Å²) in [6.45, 7) is 4.10. The SMILES string of the molecule is CCN(Cc1cccs1)CN1C(=O)C(=O)c2ccccc21. The second-order valence-electron chi connectivity index (χ2n) is 4.95. The van der Waals surface area contributed by atoms with Crippen LogP contribution in [0.25, 0.3) is 0 Å². The van der Waals surface area contributed by atoms with Crippen LogP contribution in [0.15, 0.2) is 41.8 Å². The molecular formula is C16H16N2O2S. The Bertz CT molecular complexity index is 667. The summed E-state index contributed by atoms with van der Waals surface area (Å²) in [6, 6.07) is 11.3. The highest BCUT2D eigenvalue weighted by Crippen LogP contribution is 2.28. The lowest BCUT2D eigenvalue weighted by atomic mass is 10.1. The third-order valence-corrected chi connectivity index (χ3v) is 4.49. The smallest absolute Gasteiger partial charge is 0.291 e. The zero-order chi connectivity index (χ0) is 14.8. The van der Waals surface area contributed by atoms with Crippen molar-refractivity contribution in [2.45, 2.75) is 13.5 Å². The molecule has 1 aromatic carbocycles. The van der Waals surface area contributed by atoms with E-state index in [-0.39, 0.29) is 0 Å². The van der Waals surface area contributed by atoms with Crippen molar-refractivity contribution in [1.29, 1.82) is 0 Å². The third kappa shape index (κ3) is 2.62. The molecule has 0 aliphatic carbocycles. The van der Waals surface area contributed by atoms with E-state index in [0.717, 1.165) is 18.8 Å². The number of ketones is 1. The van der Waals surface area contributed by atoms with Crippen molar-refractivity contribution < 1.29 is 9.59 Å². The molecule has 108 valence electrons. The van der Waals surface area contributed by atoms with Gasteiger partial charge < -0.3 is 0 Å². The van der Waals surface area contributed by atoms with E-state index < -0.39 is 11.7 Å². The summed E-state index contributed by atoms with van der Waals surface area (Å²) in [6.07, 6.45) is 0. The fourth-order valence-electron chi connectivity index (χ4n) is 2.47. The van der Waals surface area contributed by atoms with Crippen LogP contribution in [0.5, 0.6) is 0 Å². The summed E-state index contributed by atoms with van der Waals surface area (Å²) in [5, 5.41) is 2.04. The molecule has 0 spiro atoms. The summed E-state index contributed by atoms with van der Waals surface area (Å²) in [7, 11) is 0. The predicted octanol–water partition coefficient (Wildman–Crippen LogP) is 2.76. The fraction of sp³-hybridized carbons (Fsp3) is 0.250. The third-order valence-electron chi connectivity index (χ3n) is 3.63. The number of hydrogen-bond donors (Lipinski definition) is 0. The van der Waals surface area contributed by atoms with E-state index in [4.69, 9.17) is 0 Å². The molecule has 0 saturated carbocycles. The quantitative estimate of drug-likeness (QED) is 0.797. The first kappa shape index (κ1) is 14.0. The summed E-state index contributed by atoms with van der Waals surface area (Å²) < 4.78 is 0. The van der Waals surface area contributed by atoms with Crippen LogP contribution in [0.3, 0.4) is 0 Å². The first-order chi connectivity index (χ1) is 10.2. The molecule has 4 nitrogen and oxygen atoms in total. The topological polar surface area (TPSA) is 40.6 Å². The number of amides is 1. The maximum Gasteiger partial charge on any atom is 0.300 e. The van der Waals surface area contributed by atoms with Gasteiger partial charge in [0.2, 0.25) is 0 Å². The van der Waals surface area contributed by atoms with E-state index in [0.29, 0.717) is 12.2 Å². The molecule has 0 saturated heterocycles. The molecular weight excluding hydrogens is 284 g/mol. The Morgan fingerprint density at radius 2 is 1.95 bits per heavy atom. The van der Waals surface area contributed by atoms with E-state index >= 15 is 0 Å². The highest BCUT2D eigenvalue weighted by atomic mass is 32.1. The maximum absolute atomic E-state index is 12.2. The number of benzene rings is 1. The lowest BCUT2D eigenvalue weighted by molar-refractivity contribution is -0.114. The van der Waals surface area contributed by atoms with Gasteiger partial charge in [0.1, 0.15) is 0 Å². The van der Waals surface area contributed by atoms with Crippen molar-refractivity contribution in [1.82, 2.24) is 4.90 Å². The van der Waals surface area contributed by atoms with Gasteiger partial charge in [-0.1, -0.05) is 25.1 Å². The highest BCUT2D eigenvalue weighted by Gasteiger charge is 2.35. The molecule has 2 heterocycles. The molecule has 0 bridgehead atoms. The van der Waals surface area contributed by atoms with Gasteiger partial charge in [-0.2, -0.15) is 0 Å². The Hall–Kier alpha value is -1.98. The summed E-state index contributed by atoms with van der Waals surface area (Å²) in [5.74, 6) is -0.835. The number of rotatable bonds is 5. The van der Waals surface area contributed by atoms with Crippen molar-refractivity contribution in [3.05, 3.63) is 52.2 Å². The van der Waals surface area contributed by atoms with Gasteiger partial charge in [-0.15, -0.1) is 11.3 Å². The monoisotopic (exact) mass is 300 g/mol. The molecule has 1 amide bonds. The van der Waals surface area contributed by atoms with Crippen LogP contribution in [-0.4, -0.2) is 29.8 Å². The molecule has 2 aromatic rings. The second-order valence-corrected chi connectivity index (χ2v) is 5.98. The number of Topliss-reactive ketones (excluding diaryl/α,β-unsaturated/α-hetero) is 1. The van der Waals surface area contributed by atoms with Gasteiger partial charge in [-0.05, 0) is 30.1 Å². The van der Waals surface area contributed by atoms with Gasteiger partial charge in [0, 0.05) is 11.4 Å². The highest BCUT2D eigenvalue weighted by molar-refractivity contribution is 7.09. The minimum absolute atomic E-state index is 0.405. The minimum atomic E-state index is -0.430. The van der Waals surface area contributed by atoms with Gasteiger partial charge in [0.15, 0.2) is 0 Å². The number of thiophene rings is 1. The van der Waals surface area contributed by atoms with E-state index in [1.807, 2.05) is 23.6 Å². The van der Waals surface area contributed by atoms with Crippen LogP contribution in [0.2, 0.25) is 0 Å². The number of fused-ring (bicyclic) bond motifs is 1. The zero-order valence-corrected chi connectivity index (χ0v) is 12.6. The molecule has 0 N–H and O–H groups in total. The molecule has 21 heavy (non-hydrogen) atoms. The number of para-hydroxylation sites is 1. The number of carbonyl (C=O) groups excluding carboxylic acids is 2. The maximum atomic E-state index is 12.2. The first-order valence-electron chi connectivity index (χ1n) is 6.90. The van der Waals surface area contributed by atoms with Crippen LogP contribution in [0, 0.1) is 0 Å². The number of carbonyl (C=O) groups is 2. The Morgan fingerprint density at radius 3 is 2.67 bits per heavy atom. The Balaban J connectivity index is 1.80. The van der Waals surface area contributed by atoms with Crippen molar-refractivity contribution in [2.75, 3.05) is 18.1 Å². The van der Waals surface area contributed by atoms with Crippen LogP contribution in [0.1, 0.15) is 22.2 Å². The minimum Gasteiger partial charge on any atom is -0.291 e. The molecule has 0 fully saturated rings. The van der Waals surface area contributed by atoms with Gasteiger partial charge in [0.05, 0.1) is 17.9 Å². The van der Waals surface area contributed by atoms with Crippen molar-refractivity contribution in [3.8, 4) is 0 Å². The number of hydrogen-bond acceptors (Lipinski definition) is 4. The van der Waals surface area contributed by atoms with Crippen LogP contribution in [-0.2, 0) is 11.3 Å². The molecule has 0 atom stereocenters. The van der Waals surface area contributed by atoms with E-state index in [1.54, 1.807) is 28.4 Å². The lowest BCUT2D eigenvalue weighted by Gasteiger charge is -2.26. The first-order valence-corrected chi connectivity index (χ1v) is 7.78. The predicted molar refractivity (Wildman–Crippen MR) is 83.5 cm³/mol. The standard InChI is InChI=1S/C16H16N2O2S/c1-2-17(10-12-6-5-9-21-12)11-18-14-8-4-3-7-13(14)15(19)16(18)20/h3-9H,2,10-11H2,1H3. The van der Waals surface area contributed by atoms with Crippen LogP contribution in [0.4, 0.5) is 5.69 Å². The van der Waals surface area contributed by atoms with E-state index in [9.17, 15) is 9.59 Å². The van der Waals surface area contributed by atoms with Gasteiger partial charge in [-0.25, -0.2) is 0 Å². The number of anilines is 1. The van der Waals surface area contributed by atoms with Crippen LogP contribution < -0.4 is 4.90 Å². The summed E-state index contributed by atoms with van der Waals surface area (Å²) >= 11 is 1.70. The van der Waals surface area contributed by atoms with Gasteiger partial charge in [-0.3, -0.25) is 19.4 Å². The van der Waals surface area contributed by atoms with E-state index in [1.165, 1.54) is 4.88 Å². The second kappa shape index (κ2) is 5.79. The van der Waals surface area contributed by atoms with Gasteiger partial charge in [0.25, 0.3) is 5.78 Å². The molecule has 0 radical (unpaired) electrons. The van der Waals surface area contributed by atoms with Crippen molar-refractivity contribution in [3.63, 3.8) is 0 Å². The zero-order valence-electron chi connectivity index (χ0n) is 11.8. The summed E-state index contributed by atoms with van der Waals surface area (Å²) in [5.41, 5.74) is 1.23. The van der Waals surface area contributed by atoms with Crippen molar-refractivity contribution >= 4 is 28.7 Å². The average molecular weight is 300 g/mol. The van der Waals surface area contributed by atoms with Crippen molar-refractivity contribution in [2.24, 2.45) is 0 Å². The molecule has 1 aliphatic heterocycles. The normalized spacial score (nSPS) is 14.1. The molecule has 1 aliphatic rings. The lowest BCUT2D eigenvalue weighted by Crippen LogP contribution is -2.40. The largest absolute Gasteiger partial charge is 0.300 e. The number of nitrogens with zero attached hydrogens (tertiary/aromatic N) is 2. The molecule has 0 unspecified atom stereocenters. The Morgan fingerprint density at radius 1 is 1.14 bits per heavy atom. The Kier molecular flexibility index (Phi) is 3.86. The molecule has 5 heteroatoms. The van der Waals surface area contributed by atoms with E-state index in [2.05, 4.69) is 17.9 Å². The average Bonchev–Trinajstić information content (AvgIpc) is 3.10. The fourth-order valence-corrected chi connectivity index (χ4v) is 3.22. The summed E-state index contributed by atoms with van der Waals surface area (Å²) in [4.78, 5) is 29.1. The molecule has 1 aromatic heterocycles. The molecule has 3 rings (SSSR count). The Labute approximate surface area is 127 Å². The van der Waals surface area contributed by atoms with Gasteiger partial charge >= 0.3 is 5.91 Å². The van der Waals surface area contributed by atoms with Crippen LogP contribution >= 0.6 is 11.3 Å².